The Morgan fingerprint density at radius 3 is 2.54 bits per heavy atom. The van der Waals surface area contributed by atoms with E-state index in [0.717, 1.165) is 19.5 Å². The molecule has 138 valence electrons. The van der Waals surface area contributed by atoms with Crippen LogP contribution in [0.4, 0.5) is 10.5 Å². The highest BCUT2D eigenvalue weighted by Crippen LogP contribution is 2.30. The van der Waals surface area contributed by atoms with Gasteiger partial charge in [0.2, 0.25) is 0 Å². The lowest BCUT2D eigenvalue weighted by atomic mass is 9.92. The lowest BCUT2D eigenvalue weighted by Crippen LogP contribution is -2.42. The first kappa shape index (κ1) is 18.3. The number of hydrogen-bond acceptors (Lipinski definition) is 3. The zero-order valence-corrected chi connectivity index (χ0v) is 15.9. The highest BCUT2D eigenvalue weighted by Gasteiger charge is 2.25. The molecule has 0 spiro atoms. The van der Waals surface area contributed by atoms with Gasteiger partial charge in [-0.1, -0.05) is 48.5 Å². The molecule has 0 saturated heterocycles. The first-order chi connectivity index (χ1) is 12.4. The van der Waals surface area contributed by atoms with Gasteiger partial charge in [-0.05, 0) is 50.3 Å². The average molecular weight is 352 g/mol. The number of para-hydroxylation sites is 1. The van der Waals surface area contributed by atoms with E-state index in [1.54, 1.807) is 0 Å². The van der Waals surface area contributed by atoms with Crippen molar-refractivity contribution in [3.05, 3.63) is 65.7 Å². The van der Waals surface area contributed by atoms with Crippen LogP contribution in [0.5, 0.6) is 0 Å². The maximum absolute atomic E-state index is 12.0. The third-order valence-electron chi connectivity index (χ3n) is 4.47. The number of alkyl carbamates (subject to hydrolysis) is 1. The minimum absolute atomic E-state index is 0.342. The summed E-state index contributed by atoms with van der Waals surface area (Å²) < 4.78 is 5.36. The molecule has 2 aromatic rings. The quantitative estimate of drug-likeness (QED) is 0.887. The number of amides is 1. The number of nitrogens with one attached hydrogen (secondary N) is 1. The summed E-state index contributed by atoms with van der Waals surface area (Å²) in [6, 6.07) is 19.1. The van der Waals surface area contributed by atoms with Gasteiger partial charge in [0, 0.05) is 25.3 Å². The fourth-order valence-electron chi connectivity index (χ4n) is 3.41. The normalized spacial score (nSPS) is 16.7. The fraction of sp³-hybridized carbons (Fsp3) is 0.409. The van der Waals surface area contributed by atoms with Gasteiger partial charge in [0.15, 0.2) is 0 Å². The van der Waals surface area contributed by atoms with E-state index in [2.05, 4.69) is 58.7 Å². The van der Waals surface area contributed by atoms with Gasteiger partial charge < -0.3 is 15.0 Å². The second-order valence-corrected chi connectivity index (χ2v) is 7.95. The topological polar surface area (TPSA) is 41.6 Å². The second kappa shape index (κ2) is 7.81. The van der Waals surface area contributed by atoms with Crippen LogP contribution in [-0.2, 0) is 17.7 Å². The number of carbonyl (C=O) groups excluding carboxylic acids is 1. The highest BCUT2D eigenvalue weighted by molar-refractivity contribution is 5.67. The molecule has 2 aromatic carbocycles. The Morgan fingerprint density at radius 2 is 1.81 bits per heavy atom. The van der Waals surface area contributed by atoms with Crippen LogP contribution in [0.15, 0.2) is 54.6 Å². The maximum Gasteiger partial charge on any atom is 0.407 e. The van der Waals surface area contributed by atoms with Crippen molar-refractivity contribution in [2.24, 2.45) is 5.92 Å². The van der Waals surface area contributed by atoms with Gasteiger partial charge in [0.1, 0.15) is 5.60 Å². The van der Waals surface area contributed by atoms with Crippen LogP contribution in [0.25, 0.3) is 0 Å². The molecule has 0 bridgehead atoms. The third-order valence-corrected chi connectivity index (χ3v) is 4.47. The molecule has 1 N–H and O–H groups in total. The largest absolute Gasteiger partial charge is 0.444 e. The van der Waals surface area contributed by atoms with E-state index in [-0.39, 0.29) is 6.09 Å². The smallest absolute Gasteiger partial charge is 0.407 e. The Kier molecular flexibility index (Phi) is 5.50. The van der Waals surface area contributed by atoms with Crippen molar-refractivity contribution in [3.63, 3.8) is 0 Å². The number of anilines is 1. The van der Waals surface area contributed by atoms with E-state index in [9.17, 15) is 4.79 Å². The summed E-state index contributed by atoms with van der Waals surface area (Å²) >= 11 is 0. The molecule has 1 aliphatic heterocycles. The van der Waals surface area contributed by atoms with Gasteiger partial charge in [0.05, 0.1) is 0 Å². The van der Waals surface area contributed by atoms with Crippen LogP contribution in [0.3, 0.4) is 0 Å². The molecule has 3 rings (SSSR count). The molecule has 0 fully saturated rings. The predicted octanol–water partition coefficient (Wildman–Crippen LogP) is 4.39. The van der Waals surface area contributed by atoms with Crippen molar-refractivity contribution in [3.8, 4) is 0 Å². The third kappa shape index (κ3) is 5.01. The van der Waals surface area contributed by atoms with Gasteiger partial charge in [-0.2, -0.15) is 0 Å². The molecular weight excluding hydrogens is 324 g/mol. The molecule has 1 amide bonds. The molecule has 1 heterocycles. The first-order valence-corrected chi connectivity index (χ1v) is 9.24. The number of ether oxygens (including phenoxy) is 1. The molecule has 4 nitrogen and oxygen atoms in total. The maximum atomic E-state index is 12.0. The number of benzene rings is 2. The first-order valence-electron chi connectivity index (χ1n) is 9.24. The zero-order valence-electron chi connectivity index (χ0n) is 15.9. The number of fused-ring (bicyclic) bond motifs is 1. The summed E-state index contributed by atoms with van der Waals surface area (Å²) in [5.74, 6) is 0.362. The van der Waals surface area contributed by atoms with E-state index in [4.69, 9.17) is 4.74 Å². The summed E-state index contributed by atoms with van der Waals surface area (Å²) in [5, 5.41) is 2.94. The summed E-state index contributed by atoms with van der Waals surface area (Å²) in [6.45, 7) is 8.05. The second-order valence-electron chi connectivity index (χ2n) is 7.95. The van der Waals surface area contributed by atoms with Gasteiger partial charge in [-0.3, -0.25) is 0 Å². The fourth-order valence-corrected chi connectivity index (χ4v) is 3.41. The van der Waals surface area contributed by atoms with E-state index < -0.39 is 5.60 Å². The van der Waals surface area contributed by atoms with Gasteiger partial charge in [-0.25, -0.2) is 4.79 Å². The Balaban J connectivity index is 1.67. The molecule has 1 unspecified atom stereocenters. The van der Waals surface area contributed by atoms with Crippen molar-refractivity contribution in [1.82, 2.24) is 5.32 Å². The monoisotopic (exact) mass is 352 g/mol. The Morgan fingerprint density at radius 1 is 1.12 bits per heavy atom. The Labute approximate surface area is 156 Å². The lowest BCUT2D eigenvalue weighted by molar-refractivity contribution is 0.0519. The van der Waals surface area contributed by atoms with E-state index >= 15 is 0 Å². The standard InChI is InChI=1S/C22H28N2O2/c1-22(2,3)26-21(25)23-14-18-13-19-11-7-8-12-20(19)24(16-18)15-17-9-5-4-6-10-17/h4-12,18H,13-16H2,1-3H3,(H,23,25). The van der Waals surface area contributed by atoms with Gasteiger partial charge >= 0.3 is 6.09 Å². The Hall–Kier alpha value is -2.49. The summed E-state index contributed by atoms with van der Waals surface area (Å²) in [4.78, 5) is 14.4. The van der Waals surface area contributed by atoms with E-state index in [1.807, 2.05) is 26.8 Å². The molecule has 0 radical (unpaired) electrons. The van der Waals surface area contributed by atoms with Crippen LogP contribution in [0.2, 0.25) is 0 Å². The van der Waals surface area contributed by atoms with Crippen molar-refractivity contribution in [2.45, 2.75) is 39.3 Å². The Bertz CT molecular complexity index is 737. The zero-order chi connectivity index (χ0) is 18.6. The van der Waals surface area contributed by atoms with E-state index in [1.165, 1.54) is 16.8 Å². The molecule has 1 atom stereocenters. The van der Waals surface area contributed by atoms with Gasteiger partial charge in [0.25, 0.3) is 0 Å². The molecule has 4 heteroatoms. The van der Waals surface area contributed by atoms with Crippen LogP contribution in [0.1, 0.15) is 31.9 Å². The lowest BCUT2D eigenvalue weighted by Gasteiger charge is -2.36. The van der Waals surface area contributed by atoms with Crippen LogP contribution < -0.4 is 10.2 Å². The van der Waals surface area contributed by atoms with Crippen LogP contribution in [0, 0.1) is 5.92 Å². The van der Waals surface area contributed by atoms with Crippen molar-refractivity contribution >= 4 is 11.8 Å². The van der Waals surface area contributed by atoms with Crippen molar-refractivity contribution < 1.29 is 9.53 Å². The molecule has 26 heavy (non-hydrogen) atoms. The van der Waals surface area contributed by atoms with Crippen LogP contribution in [-0.4, -0.2) is 24.8 Å². The molecular formula is C22H28N2O2. The minimum Gasteiger partial charge on any atom is -0.444 e. The molecule has 0 saturated carbocycles. The van der Waals surface area contributed by atoms with E-state index in [0.29, 0.717) is 12.5 Å². The number of carbonyl (C=O) groups is 1. The average Bonchev–Trinajstić information content (AvgIpc) is 2.59. The summed E-state index contributed by atoms with van der Waals surface area (Å²) in [6.07, 6.45) is 0.628. The molecule has 1 aliphatic rings. The molecule has 0 aromatic heterocycles. The summed E-state index contributed by atoms with van der Waals surface area (Å²) in [7, 11) is 0. The number of hydrogen-bond donors (Lipinski definition) is 1. The molecule has 0 aliphatic carbocycles. The summed E-state index contributed by atoms with van der Waals surface area (Å²) in [5.41, 5.74) is 3.46. The number of nitrogens with zero attached hydrogens (tertiary/aromatic N) is 1. The predicted molar refractivity (Wildman–Crippen MR) is 105 cm³/mol. The number of rotatable bonds is 4. The SMILES string of the molecule is CC(C)(C)OC(=O)NCC1Cc2ccccc2N(Cc2ccccc2)C1. The van der Waals surface area contributed by atoms with Crippen molar-refractivity contribution in [1.29, 1.82) is 0 Å². The van der Waals surface area contributed by atoms with Gasteiger partial charge in [-0.15, -0.1) is 0 Å². The minimum atomic E-state index is -0.470. The highest BCUT2D eigenvalue weighted by atomic mass is 16.6. The van der Waals surface area contributed by atoms with Crippen LogP contribution >= 0.6 is 0 Å². The van der Waals surface area contributed by atoms with Crippen molar-refractivity contribution in [2.75, 3.05) is 18.0 Å².